The molecule has 27 heavy (non-hydrogen) atoms. The first-order chi connectivity index (χ1) is 13.2. The molecule has 1 amide bonds. The topological polar surface area (TPSA) is 94.0 Å². The van der Waals surface area contributed by atoms with Gasteiger partial charge in [-0.2, -0.15) is 10.1 Å². The van der Waals surface area contributed by atoms with Gasteiger partial charge in [0.25, 0.3) is 0 Å². The minimum atomic E-state index is -0.423. The number of ether oxygens (including phenoxy) is 1. The molecule has 8 heteroatoms. The van der Waals surface area contributed by atoms with Gasteiger partial charge in [-0.25, -0.2) is 4.68 Å². The highest BCUT2D eigenvalue weighted by Gasteiger charge is 2.41. The van der Waals surface area contributed by atoms with Crippen LogP contribution < -0.4 is 15.4 Å². The normalized spacial score (nSPS) is 21.0. The molecule has 0 spiro atoms. The molecule has 1 aromatic carbocycles. The lowest BCUT2D eigenvalue weighted by atomic mass is 9.86. The molecule has 138 valence electrons. The maximum atomic E-state index is 13.3. The summed E-state index contributed by atoms with van der Waals surface area (Å²) in [5.74, 6) is 0.696. The third kappa shape index (κ3) is 3.10. The molecule has 0 saturated carbocycles. The summed E-state index contributed by atoms with van der Waals surface area (Å²) in [6, 6.07) is 10.7. The van der Waals surface area contributed by atoms with Gasteiger partial charge in [0.1, 0.15) is 12.1 Å². The molecule has 3 unspecified atom stereocenters. The molecule has 0 bridgehead atoms. The molecule has 4 rings (SSSR count). The van der Waals surface area contributed by atoms with Crippen LogP contribution in [0.1, 0.15) is 18.5 Å². The van der Waals surface area contributed by atoms with E-state index in [9.17, 15) is 4.79 Å². The molecule has 0 saturated heterocycles. The molecule has 3 aromatic rings. The van der Waals surface area contributed by atoms with Gasteiger partial charge in [-0.15, -0.1) is 0 Å². The number of pyridine rings is 1. The predicted octanol–water partition coefficient (Wildman–Crippen LogP) is 2.34. The van der Waals surface area contributed by atoms with E-state index in [0.29, 0.717) is 17.4 Å². The zero-order chi connectivity index (χ0) is 18.8. The van der Waals surface area contributed by atoms with E-state index in [1.54, 1.807) is 24.2 Å². The number of nitrogens with zero attached hydrogens (tertiary/aromatic N) is 4. The number of hydrogen-bond donors (Lipinski definition) is 2. The van der Waals surface area contributed by atoms with E-state index in [2.05, 4.69) is 25.7 Å². The van der Waals surface area contributed by atoms with Crippen molar-refractivity contribution >= 4 is 17.5 Å². The highest BCUT2D eigenvalue weighted by atomic mass is 16.5. The summed E-state index contributed by atoms with van der Waals surface area (Å²) < 4.78 is 7.09. The summed E-state index contributed by atoms with van der Waals surface area (Å²) in [6.45, 7) is 1.97. The Morgan fingerprint density at radius 3 is 2.89 bits per heavy atom. The fourth-order valence-electron chi connectivity index (χ4n) is 3.51. The van der Waals surface area contributed by atoms with Gasteiger partial charge < -0.3 is 15.4 Å². The van der Waals surface area contributed by atoms with Crippen molar-refractivity contribution < 1.29 is 9.53 Å². The highest BCUT2D eigenvalue weighted by molar-refractivity contribution is 5.95. The van der Waals surface area contributed by atoms with Crippen molar-refractivity contribution in [1.82, 2.24) is 19.7 Å². The Hall–Kier alpha value is -3.42. The molecule has 3 atom stereocenters. The van der Waals surface area contributed by atoms with Gasteiger partial charge in [0, 0.05) is 18.4 Å². The second kappa shape index (κ2) is 7.06. The van der Waals surface area contributed by atoms with E-state index >= 15 is 0 Å². The van der Waals surface area contributed by atoms with Crippen molar-refractivity contribution in [1.29, 1.82) is 0 Å². The number of nitrogens with one attached hydrogen (secondary N) is 2. The number of fused-ring (bicyclic) bond motifs is 1. The van der Waals surface area contributed by atoms with Crippen molar-refractivity contribution in [3.8, 4) is 5.75 Å². The minimum absolute atomic E-state index is 0.130. The van der Waals surface area contributed by atoms with E-state index in [1.807, 2.05) is 43.3 Å². The van der Waals surface area contributed by atoms with Crippen molar-refractivity contribution in [3.05, 3.63) is 60.7 Å². The zero-order valence-electron chi connectivity index (χ0n) is 15.0. The third-order valence-corrected chi connectivity index (χ3v) is 4.77. The maximum Gasteiger partial charge on any atom is 0.232 e. The largest absolute Gasteiger partial charge is 0.495 e. The molecular weight excluding hydrogens is 344 g/mol. The lowest BCUT2D eigenvalue weighted by Crippen LogP contribution is -2.46. The van der Waals surface area contributed by atoms with Crippen molar-refractivity contribution in [2.24, 2.45) is 5.92 Å². The van der Waals surface area contributed by atoms with Crippen LogP contribution in [-0.2, 0) is 4.79 Å². The molecular formula is C19H20N6O2. The van der Waals surface area contributed by atoms with E-state index in [-0.39, 0.29) is 18.0 Å². The van der Waals surface area contributed by atoms with Crippen molar-refractivity contribution in [2.45, 2.75) is 19.0 Å². The Labute approximate surface area is 156 Å². The van der Waals surface area contributed by atoms with Gasteiger partial charge >= 0.3 is 0 Å². The first kappa shape index (κ1) is 17.0. The quantitative estimate of drug-likeness (QED) is 0.738. The Bertz CT molecular complexity index is 942. The third-order valence-electron chi connectivity index (χ3n) is 4.77. The van der Waals surface area contributed by atoms with Crippen molar-refractivity contribution in [2.75, 3.05) is 17.7 Å². The molecule has 8 nitrogen and oxygen atoms in total. The summed E-state index contributed by atoms with van der Waals surface area (Å²) in [7, 11) is 1.58. The number of aromatic nitrogens is 4. The van der Waals surface area contributed by atoms with Gasteiger partial charge in [-0.3, -0.25) is 9.78 Å². The number of para-hydroxylation sites is 2. The second-order valence-electron chi connectivity index (χ2n) is 6.41. The monoisotopic (exact) mass is 364 g/mol. The van der Waals surface area contributed by atoms with Crippen LogP contribution in [0.15, 0.2) is 55.1 Å². The second-order valence-corrected chi connectivity index (χ2v) is 6.41. The fraction of sp³-hybridized carbons (Fsp3) is 0.263. The van der Waals surface area contributed by atoms with Crippen LogP contribution in [-0.4, -0.2) is 38.8 Å². The van der Waals surface area contributed by atoms with Gasteiger partial charge in [0.15, 0.2) is 0 Å². The lowest BCUT2D eigenvalue weighted by Gasteiger charge is -2.36. The first-order valence-electron chi connectivity index (χ1n) is 8.69. The zero-order valence-corrected chi connectivity index (χ0v) is 15.0. The molecule has 2 aromatic heterocycles. The lowest BCUT2D eigenvalue weighted by molar-refractivity contribution is -0.121. The number of carbonyl (C=O) groups is 1. The van der Waals surface area contributed by atoms with E-state index < -0.39 is 5.92 Å². The average Bonchev–Trinajstić information content (AvgIpc) is 3.15. The average molecular weight is 364 g/mol. The smallest absolute Gasteiger partial charge is 0.232 e. The molecule has 0 aliphatic carbocycles. The van der Waals surface area contributed by atoms with E-state index in [4.69, 9.17) is 4.74 Å². The van der Waals surface area contributed by atoms with Gasteiger partial charge in [0.2, 0.25) is 11.9 Å². The summed E-state index contributed by atoms with van der Waals surface area (Å²) >= 11 is 0. The summed E-state index contributed by atoms with van der Waals surface area (Å²) in [5.41, 5.74) is 1.53. The molecule has 2 N–H and O–H groups in total. The first-order valence-corrected chi connectivity index (χ1v) is 8.69. The summed E-state index contributed by atoms with van der Waals surface area (Å²) in [4.78, 5) is 21.7. The number of benzene rings is 1. The molecule has 1 aliphatic rings. The summed E-state index contributed by atoms with van der Waals surface area (Å²) in [5, 5.41) is 10.6. The van der Waals surface area contributed by atoms with Crippen molar-refractivity contribution in [3.63, 3.8) is 0 Å². The molecule has 0 radical (unpaired) electrons. The van der Waals surface area contributed by atoms with Crippen LogP contribution in [0.25, 0.3) is 0 Å². The number of carbonyl (C=O) groups excluding carboxylic acids is 1. The fourth-order valence-corrected chi connectivity index (χ4v) is 3.51. The minimum Gasteiger partial charge on any atom is -0.495 e. The van der Waals surface area contributed by atoms with Gasteiger partial charge in [-0.05, 0) is 30.7 Å². The number of methoxy groups -OCH3 is 1. The number of hydrogen-bond acceptors (Lipinski definition) is 6. The number of rotatable bonds is 4. The Morgan fingerprint density at radius 1 is 1.26 bits per heavy atom. The van der Waals surface area contributed by atoms with Gasteiger partial charge in [-0.1, -0.05) is 18.2 Å². The number of anilines is 2. The highest BCUT2D eigenvalue weighted by Crippen LogP contribution is 2.36. The Balaban J connectivity index is 1.72. The maximum absolute atomic E-state index is 13.3. The Kier molecular flexibility index (Phi) is 4.45. The molecule has 1 aliphatic heterocycles. The SMILES string of the molecule is COc1ccccc1NC(=O)C1C(C)Nc2ncnn2C1c1cccnc1. The predicted molar refractivity (Wildman–Crippen MR) is 101 cm³/mol. The van der Waals surface area contributed by atoms with Crippen LogP contribution in [0.5, 0.6) is 5.75 Å². The van der Waals surface area contributed by atoms with E-state index in [1.165, 1.54) is 6.33 Å². The van der Waals surface area contributed by atoms with Crippen LogP contribution in [0, 0.1) is 5.92 Å². The van der Waals surface area contributed by atoms with Crippen LogP contribution in [0.2, 0.25) is 0 Å². The summed E-state index contributed by atoms with van der Waals surface area (Å²) in [6.07, 6.45) is 4.96. The number of amides is 1. The molecule has 3 heterocycles. The molecule has 0 fully saturated rings. The van der Waals surface area contributed by atoms with Crippen LogP contribution in [0.3, 0.4) is 0 Å². The van der Waals surface area contributed by atoms with Crippen LogP contribution >= 0.6 is 0 Å². The van der Waals surface area contributed by atoms with E-state index in [0.717, 1.165) is 5.56 Å². The Morgan fingerprint density at radius 2 is 2.11 bits per heavy atom. The standard InChI is InChI=1S/C19H20N6O2/c1-12-16(18(26)24-14-7-3-4-8-15(14)27-2)17(13-6-5-9-20-10-13)25-19(23-12)21-11-22-25/h3-12,16-17H,1-2H3,(H,24,26)(H,21,22,23). The van der Waals surface area contributed by atoms with Crippen LogP contribution in [0.4, 0.5) is 11.6 Å². The van der Waals surface area contributed by atoms with Gasteiger partial charge in [0.05, 0.1) is 24.8 Å².